The molecule has 0 unspecified atom stereocenters. The number of nitrogens with one attached hydrogen (secondary N) is 1. The molecule has 0 radical (unpaired) electrons. The number of esters is 1. The van der Waals surface area contributed by atoms with Gasteiger partial charge in [0.2, 0.25) is 11.8 Å². The molecule has 1 amide bonds. The molecule has 1 atom stereocenters. The molecule has 8 heteroatoms. The number of fused-ring (bicyclic) bond motifs is 2. The first-order valence-corrected chi connectivity index (χ1v) is 8.89. The summed E-state index contributed by atoms with van der Waals surface area (Å²) in [5.74, 6) is -1.30. The van der Waals surface area contributed by atoms with Crippen molar-refractivity contribution in [2.75, 3.05) is 11.9 Å². The third-order valence-electron chi connectivity index (χ3n) is 4.55. The van der Waals surface area contributed by atoms with Gasteiger partial charge in [-0.2, -0.15) is 5.26 Å². The SMILES string of the molecule is CCCC1=C(C(=O)OCC)[C@@]2(C(=O)Nc3ccc(Cl)cc32)C(C#N)=C(N)O1. The number of nitriles is 1. The molecule has 0 saturated heterocycles. The molecule has 2 heterocycles. The predicted molar refractivity (Wildman–Crippen MR) is 98.2 cm³/mol. The molecule has 140 valence electrons. The number of halogens is 1. The number of carbonyl (C=O) groups is 2. The van der Waals surface area contributed by atoms with Crippen molar-refractivity contribution in [3.05, 3.63) is 51.6 Å². The quantitative estimate of drug-likeness (QED) is 0.767. The summed E-state index contributed by atoms with van der Waals surface area (Å²) in [7, 11) is 0. The summed E-state index contributed by atoms with van der Waals surface area (Å²) < 4.78 is 10.8. The lowest BCUT2D eigenvalue weighted by atomic mass is 9.68. The van der Waals surface area contributed by atoms with Crippen molar-refractivity contribution in [1.82, 2.24) is 0 Å². The minimum absolute atomic E-state index is 0.0320. The van der Waals surface area contributed by atoms with Gasteiger partial charge in [0.15, 0.2) is 5.41 Å². The maximum atomic E-state index is 13.2. The van der Waals surface area contributed by atoms with E-state index in [1.807, 2.05) is 13.0 Å². The Morgan fingerprint density at radius 2 is 2.19 bits per heavy atom. The summed E-state index contributed by atoms with van der Waals surface area (Å²) in [6.07, 6.45) is 0.978. The lowest BCUT2D eigenvalue weighted by molar-refractivity contribution is -0.140. The highest BCUT2D eigenvalue weighted by atomic mass is 35.5. The van der Waals surface area contributed by atoms with Crippen molar-refractivity contribution >= 4 is 29.2 Å². The van der Waals surface area contributed by atoms with E-state index in [2.05, 4.69) is 5.32 Å². The number of carbonyl (C=O) groups excluding carboxylic acids is 2. The molecule has 0 aliphatic carbocycles. The second-order valence-electron chi connectivity index (χ2n) is 6.12. The van der Waals surface area contributed by atoms with E-state index in [-0.39, 0.29) is 29.4 Å². The Hall–Kier alpha value is -2.98. The first-order chi connectivity index (χ1) is 12.9. The molecule has 2 aliphatic heterocycles. The fraction of sp³-hybridized carbons (Fsp3) is 0.316. The van der Waals surface area contributed by atoms with Crippen LogP contribution in [0.5, 0.6) is 0 Å². The molecular formula is C19H18ClN3O4. The largest absolute Gasteiger partial charge is 0.462 e. The van der Waals surface area contributed by atoms with Crippen molar-refractivity contribution < 1.29 is 19.1 Å². The lowest BCUT2D eigenvalue weighted by Crippen LogP contribution is -2.46. The zero-order valence-electron chi connectivity index (χ0n) is 14.9. The van der Waals surface area contributed by atoms with Gasteiger partial charge in [0.25, 0.3) is 0 Å². The van der Waals surface area contributed by atoms with Crippen LogP contribution >= 0.6 is 11.6 Å². The molecule has 0 fully saturated rings. The Balaban J connectivity index is 2.42. The Morgan fingerprint density at radius 3 is 2.81 bits per heavy atom. The van der Waals surface area contributed by atoms with Gasteiger partial charge in [0, 0.05) is 22.7 Å². The summed E-state index contributed by atoms with van der Waals surface area (Å²) in [4.78, 5) is 26.1. The zero-order chi connectivity index (χ0) is 19.8. The van der Waals surface area contributed by atoms with Crippen molar-refractivity contribution in [2.45, 2.75) is 32.1 Å². The maximum Gasteiger partial charge on any atom is 0.339 e. The van der Waals surface area contributed by atoms with Crippen molar-refractivity contribution in [2.24, 2.45) is 5.73 Å². The molecule has 2 aliphatic rings. The van der Waals surface area contributed by atoms with E-state index in [0.29, 0.717) is 29.1 Å². The fourth-order valence-corrected chi connectivity index (χ4v) is 3.71. The van der Waals surface area contributed by atoms with Crippen LogP contribution in [0, 0.1) is 11.3 Å². The number of ether oxygens (including phenoxy) is 2. The molecule has 7 nitrogen and oxygen atoms in total. The standard InChI is InChI=1S/C19H18ClN3O4/c1-3-5-14-15(17(24)26-4-2)19(12(9-21)16(22)27-14)11-8-10(20)6-7-13(11)23-18(19)25/h6-8H,3-5,22H2,1-2H3,(H,23,25)/t19-/m0/s1. The van der Waals surface area contributed by atoms with Crippen LogP contribution in [0.3, 0.4) is 0 Å². The second-order valence-corrected chi connectivity index (χ2v) is 6.55. The highest BCUT2D eigenvalue weighted by molar-refractivity contribution is 6.31. The van der Waals surface area contributed by atoms with Crippen molar-refractivity contribution in [3.63, 3.8) is 0 Å². The van der Waals surface area contributed by atoms with Gasteiger partial charge in [-0.15, -0.1) is 0 Å². The smallest absolute Gasteiger partial charge is 0.339 e. The first kappa shape index (κ1) is 18.8. The molecule has 3 rings (SSSR count). The molecule has 0 saturated carbocycles. The average Bonchev–Trinajstić information content (AvgIpc) is 2.88. The monoisotopic (exact) mass is 387 g/mol. The van der Waals surface area contributed by atoms with Crippen LogP contribution < -0.4 is 11.1 Å². The summed E-state index contributed by atoms with van der Waals surface area (Å²) in [5.41, 5.74) is 4.87. The normalized spacial score (nSPS) is 20.9. The van der Waals surface area contributed by atoms with Crippen LogP contribution in [0.15, 0.2) is 41.0 Å². The fourth-order valence-electron chi connectivity index (χ4n) is 3.54. The molecule has 1 spiro atoms. The van der Waals surface area contributed by atoms with Gasteiger partial charge in [0.1, 0.15) is 23.0 Å². The number of anilines is 1. The van der Waals surface area contributed by atoms with Gasteiger partial charge in [-0.05, 0) is 31.5 Å². The summed E-state index contributed by atoms with van der Waals surface area (Å²) in [5, 5.41) is 12.9. The zero-order valence-corrected chi connectivity index (χ0v) is 15.6. The summed E-state index contributed by atoms with van der Waals surface area (Å²) >= 11 is 6.15. The molecule has 1 aromatic rings. The molecule has 3 N–H and O–H groups in total. The number of benzene rings is 1. The topological polar surface area (TPSA) is 114 Å². The Kier molecular flexibility index (Phi) is 4.85. The van der Waals surface area contributed by atoms with Gasteiger partial charge < -0.3 is 20.5 Å². The number of rotatable bonds is 4. The van der Waals surface area contributed by atoms with Gasteiger partial charge in [-0.3, -0.25) is 4.79 Å². The number of nitrogens with two attached hydrogens (primary N) is 1. The highest BCUT2D eigenvalue weighted by Crippen LogP contribution is 2.53. The van der Waals surface area contributed by atoms with E-state index < -0.39 is 17.3 Å². The third kappa shape index (κ3) is 2.64. The predicted octanol–water partition coefficient (Wildman–Crippen LogP) is 2.87. The Morgan fingerprint density at radius 1 is 1.44 bits per heavy atom. The number of hydrogen-bond donors (Lipinski definition) is 2. The van der Waals surface area contributed by atoms with E-state index in [9.17, 15) is 14.9 Å². The molecule has 1 aromatic carbocycles. The minimum atomic E-state index is -1.76. The van der Waals surface area contributed by atoms with E-state index in [1.165, 1.54) is 0 Å². The third-order valence-corrected chi connectivity index (χ3v) is 4.79. The first-order valence-electron chi connectivity index (χ1n) is 8.52. The minimum Gasteiger partial charge on any atom is -0.462 e. The van der Waals surface area contributed by atoms with Crippen LogP contribution in [-0.4, -0.2) is 18.5 Å². The van der Waals surface area contributed by atoms with Gasteiger partial charge in [-0.1, -0.05) is 18.5 Å². The van der Waals surface area contributed by atoms with E-state index in [1.54, 1.807) is 25.1 Å². The van der Waals surface area contributed by atoms with Crippen LogP contribution in [0.1, 0.15) is 32.3 Å². The van der Waals surface area contributed by atoms with Gasteiger partial charge in [-0.25, -0.2) is 4.79 Å². The van der Waals surface area contributed by atoms with Crippen LogP contribution in [0.25, 0.3) is 0 Å². The average molecular weight is 388 g/mol. The Labute approximate surface area is 161 Å². The number of allylic oxidation sites excluding steroid dienone is 1. The number of amides is 1. The van der Waals surface area contributed by atoms with Crippen LogP contribution in [0.4, 0.5) is 5.69 Å². The van der Waals surface area contributed by atoms with Crippen molar-refractivity contribution in [1.29, 1.82) is 5.26 Å². The van der Waals surface area contributed by atoms with Gasteiger partial charge >= 0.3 is 5.97 Å². The molecule has 0 bridgehead atoms. The Bertz CT molecular complexity index is 945. The van der Waals surface area contributed by atoms with E-state index in [4.69, 9.17) is 26.8 Å². The van der Waals surface area contributed by atoms with E-state index >= 15 is 0 Å². The maximum absolute atomic E-state index is 13.2. The molecule has 0 aromatic heterocycles. The molecule has 27 heavy (non-hydrogen) atoms. The molecular weight excluding hydrogens is 370 g/mol. The lowest BCUT2D eigenvalue weighted by Gasteiger charge is -2.34. The number of hydrogen-bond acceptors (Lipinski definition) is 6. The number of nitrogens with zero attached hydrogens (tertiary/aromatic N) is 1. The highest BCUT2D eigenvalue weighted by Gasteiger charge is 2.60. The van der Waals surface area contributed by atoms with Crippen molar-refractivity contribution in [3.8, 4) is 6.07 Å². The van der Waals surface area contributed by atoms with Crippen LogP contribution in [-0.2, 0) is 24.5 Å². The van der Waals surface area contributed by atoms with Gasteiger partial charge in [0.05, 0.1) is 6.61 Å². The van der Waals surface area contributed by atoms with E-state index in [0.717, 1.165) is 0 Å². The second kappa shape index (κ2) is 6.97. The summed E-state index contributed by atoms with van der Waals surface area (Å²) in [6.45, 7) is 3.65. The van der Waals surface area contributed by atoms with Crippen LogP contribution in [0.2, 0.25) is 5.02 Å². The summed E-state index contributed by atoms with van der Waals surface area (Å²) in [6, 6.07) is 6.73.